The lowest BCUT2D eigenvalue weighted by Crippen LogP contribution is -2.42. The first-order valence-corrected chi connectivity index (χ1v) is 10.5. The Morgan fingerprint density at radius 3 is 2.23 bits per heavy atom. The molecule has 0 spiro atoms. The van der Waals surface area contributed by atoms with Crippen LogP contribution in [0.4, 0.5) is 4.79 Å². The van der Waals surface area contributed by atoms with Crippen molar-refractivity contribution in [2.45, 2.75) is 38.1 Å². The van der Waals surface area contributed by atoms with E-state index in [1.165, 1.54) is 0 Å². The molecule has 4 rings (SSSR count). The van der Waals surface area contributed by atoms with Crippen LogP contribution in [0, 0.1) is 0 Å². The number of fused-ring (bicyclic) bond motifs is 3. The molecule has 31 heavy (non-hydrogen) atoms. The molecule has 1 atom stereocenters. The molecular formula is C25H25NO5. The van der Waals surface area contributed by atoms with Gasteiger partial charge in [-0.15, -0.1) is 0 Å². The molecule has 0 radical (unpaired) electrons. The summed E-state index contributed by atoms with van der Waals surface area (Å²) < 4.78 is 11.1. The number of alkyl carbamates (subject to hydrolysis) is 1. The van der Waals surface area contributed by atoms with E-state index in [4.69, 9.17) is 9.15 Å². The number of benzene rings is 2. The minimum atomic E-state index is -1.14. The first kappa shape index (κ1) is 20.7. The van der Waals surface area contributed by atoms with Gasteiger partial charge in [0.05, 0.1) is 0 Å². The van der Waals surface area contributed by atoms with Crippen LogP contribution in [0.15, 0.2) is 65.1 Å². The third-order valence-electron chi connectivity index (χ3n) is 5.55. The van der Waals surface area contributed by atoms with Gasteiger partial charge >= 0.3 is 12.1 Å². The monoisotopic (exact) mass is 419 g/mol. The van der Waals surface area contributed by atoms with Gasteiger partial charge in [0.2, 0.25) is 0 Å². The molecule has 6 nitrogen and oxygen atoms in total. The SMILES string of the molecule is CCCc1ccc(CC(NC(=O)OCC2c3ccccc3-c3ccccc32)C(=O)O)o1. The molecule has 1 heterocycles. The summed E-state index contributed by atoms with van der Waals surface area (Å²) in [5.74, 6) is 0.114. The van der Waals surface area contributed by atoms with Gasteiger partial charge in [0.25, 0.3) is 0 Å². The van der Waals surface area contributed by atoms with E-state index in [9.17, 15) is 14.7 Å². The molecule has 0 aliphatic heterocycles. The molecule has 1 aliphatic carbocycles. The van der Waals surface area contributed by atoms with Gasteiger partial charge in [0.15, 0.2) is 0 Å². The second-order valence-corrected chi connectivity index (χ2v) is 7.68. The van der Waals surface area contributed by atoms with Crippen LogP contribution in [0.1, 0.15) is 41.9 Å². The maximum Gasteiger partial charge on any atom is 0.407 e. The van der Waals surface area contributed by atoms with Crippen molar-refractivity contribution in [2.75, 3.05) is 6.61 Å². The first-order valence-electron chi connectivity index (χ1n) is 10.5. The summed E-state index contributed by atoms with van der Waals surface area (Å²) in [6, 6.07) is 18.6. The standard InChI is InChI=1S/C25H25NO5/c1-2-7-16-12-13-17(31-16)14-23(24(27)28)26-25(29)30-15-22-20-10-5-3-8-18(20)19-9-4-6-11-21(19)22/h3-6,8-13,22-23H,2,7,14-15H2,1H3,(H,26,29)(H,27,28). The lowest BCUT2D eigenvalue weighted by atomic mass is 9.98. The molecule has 0 fully saturated rings. The van der Waals surface area contributed by atoms with Crippen molar-refractivity contribution in [1.29, 1.82) is 0 Å². The van der Waals surface area contributed by atoms with Crippen molar-refractivity contribution in [1.82, 2.24) is 5.32 Å². The zero-order chi connectivity index (χ0) is 21.8. The number of nitrogens with one attached hydrogen (secondary N) is 1. The van der Waals surface area contributed by atoms with E-state index >= 15 is 0 Å². The number of rotatable bonds is 8. The summed E-state index contributed by atoms with van der Waals surface area (Å²) in [5.41, 5.74) is 4.48. The van der Waals surface area contributed by atoms with Crippen LogP contribution in [-0.2, 0) is 22.4 Å². The van der Waals surface area contributed by atoms with Gasteiger partial charge in [-0.1, -0.05) is 55.5 Å². The van der Waals surface area contributed by atoms with E-state index in [-0.39, 0.29) is 18.9 Å². The smallest absolute Gasteiger partial charge is 0.407 e. The number of aryl methyl sites for hydroxylation is 1. The molecule has 0 saturated carbocycles. The molecule has 1 unspecified atom stereocenters. The third-order valence-corrected chi connectivity index (χ3v) is 5.55. The Labute approximate surface area is 180 Å². The van der Waals surface area contributed by atoms with Crippen LogP contribution in [0.3, 0.4) is 0 Å². The predicted octanol–water partition coefficient (Wildman–Crippen LogP) is 4.77. The molecule has 3 aromatic rings. The highest BCUT2D eigenvalue weighted by Gasteiger charge is 2.30. The molecule has 160 valence electrons. The predicted molar refractivity (Wildman–Crippen MR) is 116 cm³/mol. The number of ether oxygens (including phenoxy) is 1. The second kappa shape index (κ2) is 9.08. The molecular weight excluding hydrogens is 394 g/mol. The van der Waals surface area contributed by atoms with Gasteiger partial charge in [-0.25, -0.2) is 9.59 Å². The largest absolute Gasteiger partial charge is 0.480 e. The highest BCUT2D eigenvalue weighted by atomic mass is 16.5. The van der Waals surface area contributed by atoms with Gasteiger partial charge in [0.1, 0.15) is 24.2 Å². The Morgan fingerprint density at radius 1 is 1.00 bits per heavy atom. The van der Waals surface area contributed by atoms with Gasteiger partial charge in [-0.05, 0) is 40.8 Å². The highest BCUT2D eigenvalue weighted by Crippen LogP contribution is 2.44. The van der Waals surface area contributed by atoms with E-state index < -0.39 is 18.1 Å². The summed E-state index contributed by atoms with van der Waals surface area (Å²) in [7, 11) is 0. The number of carboxylic acid groups (broad SMARTS) is 1. The number of carboxylic acids is 1. The van der Waals surface area contributed by atoms with Gasteiger partial charge in [-0.3, -0.25) is 0 Å². The second-order valence-electron chi connectivity index (χ2n) is 7.68. The Balaban J connectivity index is 1.40. The zero-order valence-electron chi connectivity index (χ0n) is 17.3. The van der Waals surface area contributed by atoms with Crippen LogP contribution >= 0.6 is 0 Å². The molecule has 0 saturated heterocycles. The maximum atomic E-state index is 12.4. The number of carbonyl (C=O) groups is 2. The van der Waals surface area contributed by atoms with Gasteiger partial charge in [0, 0.05) is 18.8 Å². The van der Waals surface area contributed by atoms with E-state index in [0.717, 1.165) is 40.9 Å². The molecule has 1 aromatic heterocycles. The lowest BCUT2D eigenvalue weighted by molar-refractivity contribution is -0.139. The summed E-state index contributed by atoms with van der Waals surface area (Å²) in [6.45, 7) is 2.18. The minimum absolute atomic E-state index is 0.0588. The number of hydrogen-bond donors (Lipinski definition) is 2. The first-order chi connectivity index (χ1) is 15.1. The van der Waals surface area contributed by atoms with Crippen molar-refractivity contribution in [2.24, 2.45) is 0 Å². The third kappa shape index (κ3) is 4.48. The fourth-order valence-electron chi connectivity index (χ4n) is 4.10. The Kier molecular flexibility index (Phi) is 6.07. The Bertz CT molecular complexity index is 1040. The summed E-state index contributed by atoms with van der Waals surface area (Å²) >= 11 is 0. The Morgan fingerprint density at radius 2 is 1.61 bits per heavy atom. The van der Waals surface area contributed by atoms with Crippen LogP contribution in [0.5, 0.6) is 0 Å². The minimum Gasteiger partial charge on any atom is -0.480 e. The van der Waals surface area contributed by atoms with Crippen LogP contribution in [-0.4, -0.2) is 29.8 Å². The van der Waals surface area contributed by atoms with Crippen molar-refractivity contribution < 1.29 is 23.8 Å². The van der Waals surface area contributed by atoms with Gasteiger partial charge < -0.3 is 19.6 Å². The van der Waals surface area contributed by atoms with E-state index in [2.05, 4.69) is 17.4 Å². The molecule has 2 N–H and O–H groups in total. The van der Waals surface area contributed by atoms with E-state index in [1.54, 1.807) is 6.07 Å². The summed E-state index contributed by atoms with van der Waals surface area (Å²) in [4.78, 5) is 24.1. The fraction of sp³-hybridized carbons (Fsp3) is 0.280. The normalized spacial score (nSPS) is 13.3. The van der Waals surface area contributed by atoms with E-state index in [1.807, 2.05) is 49.4 Å². The van der Waals surface area contributed by atoms with Crippen molar-refractivity contribution >= 4 is 12.1 Å². The van der Waals surface area contributed by atoms with Crippen LogP contribution < -0.4 is 5.32 Å². The lowest BCUT2D eigenvalue weighted by Gasteiger charge is -2.17. The highest BCUT2D eigenvalue weighted by molar-refractivity contribution is 5.81. The zero-order valence-corrected chi connectivity index (χ0v) is 17.3. The summed E-state index contributed by atoms with van der Waals surface area (Å²) in [5, 5.41) is 12.0. The average molecular weight is 419 g/mol. The number of hydrogen-bond acceptors (Lipinski definition) is 4. The number of furan rings is 1. The van der Waals surface area contributed by atoms with Crippen molar-refractivity contribution in [3.8, 4) is 11.1 Å². The quantitative estimate of drug-likeness (QED) is 0.549. The van der Waals surface area contributed by atoms with Crippen LogP contribution in [0.2, 0.25) is 0 Å². The number of carbonyl (C=O) groups excluding carboxylic acids is 1. The van der Waals surface area contributed by atoms with Crippen molar-refractivity contribution in [3.63, 3.8) is 0 Å². The number of aliphatic carboxylic acids is 1. The Hall–Kier alpha value is -3.54. The van der Waals surface area contributed by atoms with Crippen LogP contribution in [0.25, 0.3) is 11.1 Å². The average Bonchev–Trinajstić information content (AvgIpc) is 3.34. The fourth-order valence-corrected chi connectivity index (χ4v) is 4.10. The van der Waals surface area contributed by atoms with Crippen molar-refractivity contribution in [3.05, 3.63) is 83.3 Å². The topological polar surface area (TPSA) is 88.8 Å². The molecule has 2 aromatic carbocycles. The molecule has 0 bridgehead atoms. The van der Waals surface area contributed by atoms with Gasteiger partial charge in [-0.2, -0.15) is 0 Å². The molecule has 1 aliphatic rings. The molecule has 1 amide bonds. The molecule has 6 heteroatoms. The number of amides is 1. The summed E-state index contributed by atoms with van der Waals surface area (Å²) in [6.07, 6.45) is 1.03. The maximum absolute atomic E-state index is 12.4. The van der Waals surface area contributed by atoms with E-state index in [0.29, 0.717) is 5.76 Å².